The molecule has 0 spiro atoms. The second-order valence-electron chi connectivity index (χ2n) is 6.02. The summed E-state index contributed by atoms with van der Waals surface area (Å²) in [7, 11) is 0. The number of aryl methyl sites for hydroxylation is 1. The fourth-order valence-corrected chi connectivity index (χ4v) is 2.72. The first-order valence-electron chi connectivity index (χ1n) is 8.45. The van der Waals surface area contributed by atoms with E-state index in [9.17, 15) is 10.1 Å². The summed E-state index contributed by atoms with van der Waals surface area (Å²) in [5, 5.41) is 15.0. The number of nitrogens with one attached hydrogen (secondary N) is 2. The maximum atomic E-state index is 12.6. The number of hydrogen-bond acceptors (Lipinski definition) is 7. The van der Waals surface area contributed by atoms with Crippen LogP contribution in [0.4, 0.5) is 17.3 Å². The van der Waals surface area contributed by atoms with Gasteiger partial charge < -0.3 is 20.1 Å². The third-order valence-corrected chi connectivity index (χ3v) is 4.01. The Labute approximate surface area is 160 Å². The number of amides is 1. The fraction of sp³-hybridized carbons (Fsp3) is 0.100. The van der Waals surface area contributed by atoms with E-state index in [1.165, 1.54) is 0 Å². The van der Waals surface area contributed by atoms with Crippen molar-refractivity contribution in [2.75, 3.05) is 17.4 Å². The van der Waals surface area contributed by atoms with Crippen molar-refractivity contribution >= 4 is 23.2 Å². The van der Waals surface area contributed by atoms with Crippen molar-refractivity contribution in [3.05, 3.63) is 65.5 Å². The Morgan fingerprint density at radius 1 is 1.11 bits per heavy atom. The van der Waals surface area contributed by atoms with Gasteiger partial charge >= 0.3 is 0 Å². The molecule has 0 saturated heterocycles. The highest BCUT2D eigenvalue weighted by molar-refractivity contribution is 6.03. The standard InChI is InChI=1S/C20H15N5O3/c1-12-8-16(19(26)23-14-6-7-17-18(9-14)28-11-27-17)25-20(22-12)24-15-5-3-2-4-13(15)10-21/h2-9H,11H2,1H3,(H,23,26)(H,22,24,25). The van der Waals surface area contributed by atoms with Gasteiger partial charge in [0.1, 0.15) is 11.8 Å². The van der Waals surface area contributed by atoms with Crippen LogP contribution in [0.5, 0.6) is 11.5 Å². The van der Waals surface area contributed by atoms with Gasteiger partial charge in [0.2, 0.25) is 12.7 Å². The Kier molecular flexibility index (Phi) is 4.48. The third-order valence-electron chi connectivity index (χ3n) is 4.01. The predicted molar refractivity (Wildman–Crippen MR) is 102 cm³/mol. The average molecular weight is 373 g/mol. The lowest BCUT2D eigenvalue weighted by molar-refractivity contribution is 0.102. The van der Waals surface area contributed by atoms with E-state index in [-0.39, 0.29) is 24.3 Å². The molecular weight excluding hydrogens is 358 g/mol. The van der Waals surface area contributed by atoms with Gasteiger partial charge in [-0.1, -0.05) is 12.1 Å². The van der Waals surface area contributed by atoms with Gasteiger partial charge in [-0.3, -0.25) is 4.79 Å². The Hall–Kier alpha value is -4.12. The van der Waals surface area contributed by atoms with E-state index in [2.05, 4.69) is 26.7 Å². The number of hydrogen-bond donors (Lipinski definition) is 2. The molecule has 1 aromatic heterocycles. The van der Waals surface area contributed by atoms with Crippen molar-refractivity contribution in [1.82, 2.24) is 9.97 Å². The van der Waals surface area contributed by atoms with E-state index in [0.717, 1.165) is 0 Å². The van der Waals surface area contributed by atoms with E-state index in [1.807, 2.05) is 0 Å². The highest BCUT2D eigenvalue weighted by Gasteiger charge is 2.16. The number of anilines is 3. The molecule has 1 amide bonds. The summed E-state index contributed by atoms with van der Waals surface area (Å²) in [5.74, 6) is 1.06. The molecule has 1 aliphatic rings. The van der Waals surface area contributed by atoms with Crippen LogP contribution >= 0.6 is 0 Å². The molecule has 4 rings (SSSR count). The van der Waals surface area contributed by atoms with Crippen LogP contribution in [0, 0.1) is 18.3 Å². The number of benzene rings is 2. The van der Waals surface area contributed by atoms with Crippen molar-refractivity contribution in [3.63, 3.8) is 0 Å². The van der Waals surface area contributed by atoms with Crippen molar-refractivity contribution in [2.45, 2.75) is 6.92 Å². The van der Waals surface area contributed by atoms with Gasteiger partial charge in [-0.25, -0.2) is 9.97 Å². The lowest BCUT2D eigenvalue weighted by atomic mass is 10.2. The molecule has 0 radical (unpaired) electrons. The number of para-hydroxylation sites is 1. The first-order valence-corrected chi connectivity index (χ1v) is 8.45. The second-order valence-corrected chi connectivity index (χ2v) is 6.02. The summed E-state index contributed by atoms with van der Waals surface area (Å²) in [4.78, 5) is 21.2. The second kappa shape index (κ2) is 7.25. The van der Waals surface area contributed by atoms with Gasteiger partial charge in [0.15, 0.2) is 11.5 Å². The molecule has 0 atom stereocenters. The molecule has 28 heavy (non-hydrogen) atoms. The summed E-state index contributed by atoms with van der Waals surface area (Å²) < 4.78 is 10.6. The lowest BCUT2D eigenvalue weighted by Crippen LogP contribution is -2.15. The molecule has 8 heteroatoms. The largest absolute Gasteiger partial charge is 0.454 e. The van der Waals surface area contributed by atoms with Gasteiger partial charge in [0.05, 0.1) is 11.3 Å². The molecule has 0 unspecified atom stereocenters. The Morgan fingerprint density at radius 3 is 2.79 bits per heavy atom. The molecule has 138 valence electrons. The van der Waals surface area contributed by atoms with Crippen molar-refractivity contribution in [1.29, 1.82) is 5.26 Å². The lowest BCUT2D eigenvalue weighted by Gasteiger charge is -2.10. The number of carbonyl (C=O) groups excluding carboxylic acids is 1. The van der Waals surface area contributed by atoms with Crippen LogP contribution in [0.2, 0.25) is 0 Å². The zero-order chi connectivity index (χ0) is 19.5. The minimum atomic E-state index is -0.388. The minimum absolute atomic E-state index is 0.164. The average Bonchev–Trinajstić information content (AvgIpc) is 3.16. The Morgan fingerprint density at radius 2 is 1.93 bits per heavy atom. The van der Waals surface area contributed by atoms with E-state index < -0.39 is 0 Å². The summed E-state index contributed by atoms with van der Waals surface area (Å²) >= 11 is 0. The molecule has 1 aliphatic heterocycles. The normalized spacial score (nSPS) is 11.6. The number of ether oxygens (including phenoxy) is 2. The van der Waals surface area contributed by atoms with Crippen LogP contribution in [0.15, 0.2) is 48.5 Å². The van der Waals surface area contributed by atoms with Crippen LogP contribution < -0.4 is 20.1 Å². The maximum Gasteiger partial charge on any atom is 0.274 e. The molecular formula is C20H15N5O3. The van der Waals surface area contributed by atoms with Gasteiger partial charge in [0, 0.05) is 17.4 Å². The summed E-state index contributed by atoms with van der Waals surface area (Å²) in [5.41, 5.74) is 2.40. The number of aromatic nitrogens is 2. The first kappa shape index (κ1) is 17.3. The summed E-state index contributed by atoms with van der Waals surface area (Å²) in [6.07, 6.45) is 0. The molecule has 0 bridgehead atoms. The number of carbonyl (C=O) groups is 1. The Bertz CT molecular complexity index is 1110. The minimum Gasteiger partial charge on any atom is -0.454 e. The first-order chi connectivity index (χ1) is 13.6. The molecule has 2 aromatic carbocycles. The monoisotopic (exact) mass is 373 g/mol. The van der Waals surface area contributed by atoms with Crippen LogP contribution in [0.25, 0.3) is 0 Å². The molecule has 2 N–H and O–H groups in total. The van der Waals surface area contributed by atoms with E-state index in [1.54, 1.807) is 55.5 Å². The fourth-order valence-electron chi connectivity index (χ4n) is 2.72. The van der Waals surface area contributed by atoms with Crippen LogP contribution in [0.3, 0.4) is 0 Å². The molecule has 0 saturated carbocycles. The van der Waals surface area contributed by atoms with Gasteiger partial charge in [-0.2, -0.15) is 5.26 Å². The number of fused-ring (bicyclic) bond motifs is 1. The van der Waals surface area contributed by atoms with Gasteiger partial charge in [-0.05, 0) is 37.3 Å². The maximum absolute atomic E-state index is 12.6. The Balaban J connectivity index is 1.56. The quantitative estimate of drug-likeness (QED) is 0.721. The van der Waals surface area contributed by atoms with Crippen LogP contribution in [0.1, 0.15) is 21.7 Å². The van der Waals surface area contributed by atoms with E-state index in [4.69, 9.17) is 9.47 Å². The molecule has 0 aliphatic carbocycles. The van der Waals surface area contributed by atoms with Crippen molar-refractivity contribution < 1.29 is 14.3 Å². The highest BCUT2D eigenvalue weighted by atomic mass is 16.7. The molecule has 3 aromatic rings. The van der Waals surface area contributed by atoms with Crippen molar-refractivity contribution in [2.24, 2.45) is 0 Å². The summed E-state index contributed by atoms with van der Waals surface area (Å²) in [6, 6.07) is 15.8. The van der Waals surface area contributed by atoms with Crippen LogP contribution in [-0.2, 0) is 0 Å². The number of rotatable bonds is 4. The SMILES string of the molecule is Cc1cc(C(=O)Nc2ccc3c(c2)OCO3)nc(Nc2ccccc2C#N)n1. The van der Waals surface area contributed by atoms with Crippen LogP contribution in [-0.4, -0.2) is 22.7 Å². The predicted octanol–water partition coefficient (Wildman–Crippen LogP) is 3.38. The zero-order valence-corrected chi connectivity index (χ0v) is 14.9. The van der Waals surface area contributed by atoms with Gasteiger partial charge in [-0.15, -0.1) is 0 Å². The van der Waals surface area contributed by atoms with E-state index >= 15 is 0 Å². The number of nitrogens with zero attached hydrogens (tertiary/aromatic N) is 3. The third kappa shape index (κ3) is 3.54. The highest BCUT2D eigenvalue weighted by Crippen LogP contribution is 2.34. The molecule has 8 nitrogen and oxygen atoms in total. The zero-order valence-electron chi connectivity index (χ0n) is 14.9. The van der Waals surface area contributed by atoms with Gasteiger partial charge in [0.25, 0.3) is 5.91 Å². The number of nitriles is 1. The molecule has 2 heterocycles. The smallest absolute Gasteiger partial charge is 0.274 e. The van der Waals surface area contributed by atoms with E-state index in [0.29, 0.717) is 34.1 Å². The van der Waals surface area contributed by atoms with Crippen molar-refractivity contribution in [3.8, 4) is 17.6 Å². The molecule has 0 fully saturated rings. The summed E-state index contributed by atoms with van der Waals surface area (Å²) in [6.45, 7) is 1.93. The topological polar surface area (TPSA) is 109 Å².